The Balaban J connectivity index is 2.12. The van der Waals surface area contributed by atoms with Crippen LogP contribution in [0.3, 0.4) is 0 Å². The van der Waals surface area contributed by atoms with Crippen molar-refractivity contribution < 1.29 is 14.4 Å². The molecule has 0 aromatic carbocycles. The average molecular weight is 233 g/mol. The fourth-order valence-corrected chi connectivity index (χ4v) is 2.23. The van der Waals surface area contributed by atoms with E-state index in [0.717, 1.165) is 36.9 Å². The van der Waals surface area contributed by atoms with E-state index < -0.39 is 5.97 Å². The van der Waals surface area contributed by atoms with Gasteiger partial charge >= 0.3 is 5.97 Å². The van der Waals surface area contributed by atoms with Crippen LogP contribution in [0, 0.1) is 0 Å². The van der Waals surface area contributed by atoms with Crippen molar-refractivity contribution in [1.29, 1.82) is 0 Å². The molecule has 0 amide bonds. The van der Waals surface area contributed by atoms with Crippen molar-refractivity contribution in [2.24, 2.45) is 0 Å². The molecule has 2 aromatic rings. The maximum atomic E-state index is 11.0. The Hall–Kier alpha value is -2.11. The van der Waals surface area contributed by atoms with Gasteiger partial charge in [-0.2, -0.15) is 5.10 Å². The molecule has 6 nitrogen and oxygen atoms in total. The molecular formula is C11H11N3O3. The van der Waals surface area contributed by atoms with Crippen LogP contribution >= 0.6 is 0 Å². The monoisotopic (exact) mass is 233 g/mol. The normalized spacial score (nSPS) is 14.6. The number of rotatable bonds is 2. The molecule has 0 atom stereocenters. The minimum Gasteiger partial charge on any atom is -0.477 e. The number of aromatic nitrogens is 3. The maximum absolute atomic E-state index is 11.0. The van der Waals surface area contributed by atoms with Gasteiger partial charge in [0.05, 0.1) is 6.20 Å². The lowest BCUT2D eigenvalue weighted by atomic mass is 9.95. The van der Waals surface area contributed by atoms with Crippen LogP contribution < -0.4 is 0 Å². The smallest absolute Gasteiger partial charge is 0.341 e. The molecule has 1 aliphatic carbocycles. The highest BCUT2D eigenvalue weighted by Gasteiger charge is 2.25. The summed E-state index contributed by atoms with van der Waals surface area (Å²) in [5.41, 5.74) is 2.80. The van der Waals surface area contributed by atoms with E-state index in [0.29, 0.717) is 5.69 Å². The number of H-pyrrole nitrogens is 1. The molecule has 0 fully saturated rings. The van der Waals surface area contributed by atoms with Crippen molar-refractivity contribution in [3.8, 4) is 11.5 Å². The van der Waals surface area contributed by atoms with Crippen LogP contribution in [0.4, 0.5) is 0 Å². The molecule has 88 valence electrons. The topological polar surface area (TPSA) is 92.0 Å². The van der Waals surface area contributed by atoms with E-state index in [2.05, 4.69) is 15.4 Å². The van der Waals surface area contributed by atoms with Gasteiger partial charge in [0, 0.05) is 11.3 Å². The number of fused-ring (bicyclic) bond motifs is 1. The number of hydrogen-bond acceptors (Lipinski definition) is 4. The van der Waals surface area contributed by atoms with Gasteiger partial charge in [-0.25, -0.2) is 4.79 Å². The molecule has 0 saturated heterocycles. The van der Waals surface area contributed by atoms with Gasteiger partial charge in [-0.3, -0.25) is 5.10 Å². The minimum absolute atomic E-state index is 0.0601. The zero-order valence-corrected chi connectivity index (χ0v) is 9.06. The van der Waals surface area contributed by atoms with Crippen LogP contribution in [0.1, 0.15) is 34.5 Å². The number of hydrogen-bond donors (Lipinski definition) is 2. The van der Waals surface area contributed by atoms with Gasteiger partial charge in [0.25, 0.3) is 0 Å². The Morgan fingerprint density at radius 3 is 3.06 bits per heavy atom. The number of aryl methyl sites for hydroxylation is 1. The third-order valence-electron chi connectivity index (χ3n) is 3.07. The molecular weight excluding hydrogens is 222 g/mol. The first kappa shape index (κ1) is 10.1. The zero-order chi connectivity index (χ0) is 11.8. The Kier molecular flexibility index (Phi) is 2.21. The highest BCUT2D eigenvalue weighted by molar-refractivity contribution is 5.93. The van der Waals surface area contributed by atoms with Crippen LogP contribution in [0.25, 0.3) is 11.5 Å². The first-order valence-electron chi connectivity index (χ1n) is 5.52. The van der Waals surface area contributed by atoms with Crippen LogP contribution in [-0.2, 0) is 12.8 Å². The van der Waals surface area contributed by atoms with Crippen LogP contribution in [0.5, 0.6) is 0 Å². The van der Waals surface area contributed by atoms with E-state index in [1.54, 1.807) is 0 Å². The summed E-state index contributed by atoms with van der Waals surface area (Å²) in [4.78, 5) is 11.0. The fraction of sp³-hybridized carbons (Fsp3) is 0.364. The second-order valence-electron chi connectivity index (χ2n) is 4.11. The van der Waals surface area contributed by atoms with Gasteiger partial charge < -0.3 is 9.63 Å². The lowest BCUT2D eigenvalue weighted by Crippen LogP contribution is -2.02. The Morgan fingerprint density at radius 2 is 2.24 bits per heavy atom. The van der Waals surface area contributed by atoms with Gasteiger partial charge in [-0.15, -0.1) is 0 Å². The molecule has 2 heterocycles. The van der Waals surface area contributed by atoms with Crippen LogP contribution in [0.15, 0.2) is 10.7 Å². The number of carboxylic acid groups (broad SMARTS) is 1. The van der Waals surface area contributed by atoms with Gasteiger partial charge in [-0.1, -0.05) is 5.16 Å². The molecule has 0 radical (unpaired) electrons. The van der Waals surface area contributed by atoms with Gasteiger partial charge in [0.1, 0.15) is 11.3 Å². The summed E-state index contributed by atoms with van der Waals surface area (Å²) >= 11 is 0. The molecule has 17 heavy (non-hydrogen) atoms. The van der Waals surface area contributed by atoms with E-state index in [4.69, 9.17) is 9.63 Å². The Bertz CT molecular complexity index is 570. The molecule has 2 aromatic heterocycles. The van der Waals surface area contributed by atoms with Crippen molar-refractivity contribution in [3.05, 3.63) is 23.0 Å². The summed E-state index contributed by atoms with van der Waals surface area (Å²) in [6, 6.07) is 0. The van der Waals surface area contributed by atoms with Crippen molar-refractivity contribution in [2.75, 3.05) is 0 Å². The maximum Gasteiger partial charge on any atom is 0.341 e. The Labute approximate surface area is 96.6 Å². The first-order chi connectivity index (χ1) is 8.27. The zero-order valence-electron chi connectivity index (χ0n) is 9.06. The molecule has 3 rings (SSSR count). The van der Waals surface area contributed by atoms with E-state index >= 15 is 0 Å². The van der Waals surface area contributed by atoms with E-state index in [-0.39, 0.29) is 11.3 Å². The highest BCUT2D eigenvalue weighted by Crippen LogP contribution is 2.31. The summed E-state index contributed by atoms with van der Waals surface area (Å²) < 4.78 is 5.02. The first-order valence-corrected chi connectivity index (χ1v) is 5.52. The summed E-state index contributed by atoms with van der Waals surface area (Å²) in [5, 5.41) is 19.7. The average Bonchev–Trinajstić information content (AvgIpc) is 2.94. The molecule has 0 saturated carbocycles. The largest absolute Gasteiger partial charge is 0.477 e. The molecule has 1 aliphatic rings. The summed E-state index contributed by atoms with van der Waals surface area (Å²) in [7, 11) is 0. The van der Waals surface area contributed by atoms with Crippen molar-refractivity contribution in [2.45, 2.75) is 25.7 Å². The summed E-state index contributed by atoms with van der Waals surface area (Å²) in [5.74, 6) is -0.800. The predicted molar refractivity (Wildman–Crippen MR) is 57.7 cm³/mol. The molecule has 0 unspecified atom stereocenters. The molecule has 2 N–H and O–H groups in total. The van der Waals surface area contributed by atoms with Crippen LogP contribution in [0.2, 0.25) is 0 Å². The lowest BCUT2D eigenvalue weighted by Gasteiger charge is -2.10. The number of nitrogens with zero attached hydrogens (tertiary/aromatic N) is 2. The SMILES string of the molecule is O=C(O)c1cnoc1-c1n[nH]c2c1CCCC2. The number of nitrogens with one attached hydrogen (secondary N) is 1. The van der Waals surface area contributed by atoms with Gasteiger partial charge in [0.2, 0.25) is 5.76 Å². The third-order valence-corrected chi connectivity index (χ3v) is 3.07. The molecule has 0 aliphatic heterocycles. The standard InChI is InChI=1S/C11H11N3O3/c15-11(16)7-5-12-17-10(7)9-6-3-1-2-4-8(6)13-14-9/h5H,1-4H2,(H,13,14)(H,15,16). The third kappa shape index (κ3) is 1.52. The molecule has 0 bridgehead atoms. The lowest BCUT2D eigenvalue weighted by molar-refractivity contribution is 0.0697. The fourth-order valence-electron chi connectivity index (χ4n) is 2.23. The minimum atomic E-state index is -1.05. The van der Waals surface area contributed by atoms with Gasteiger partial charge in [-0.05, 0) is 25.7 Å². The predicted octanol–water partition coefficient (Wildman–Crippen LogP) is 1.64. The highest BCUT2D eigenvalue weighted by atomic mass is 16.5. The number of carboxylic acids is 1. The van der Waals surface area contributed by atoms with Crippen molar-refractivity contribution >= 4 is 5.97 Å². The van der Waals surface area contributed by atoms with E-state index in [1.807, 2.05) is 0 Å². The molecule has 6 heteroatoms. The van der Waals surface area contributed by atoms with Gasteiger partial charge in [0.15, 0.2) is 0 Å². The number of aromatic carboxylic acids is 1. The quantitative estimate of drug-likeness (QED) is 0.822. The summed E-state index contributed by atoms with van der Waals surface area (Å²) in [6.45, 7) is 0. The number of aromatic amines is 1. The molecule has 0 spiro atoms. The summed E-state index contributed by atoms with van der Waals surface area (Å²) in [6.07, 6.45) is 5.30. The van der Waals surface area contributed by atoms with Crippen molar-refractivity contribution in [1.82, 2.24) is 15.4 Å². The number of carbonyl (C=O) groups is 1. The Morgan fingerprint density at radius 1 is 1.41 bits per heavy atom. The van der Waals surface area contributed by atoms with E-state index in [9.17, 15) is 4.79 Å². The van der Waals surface area contributed by atoms with E-state index in [1.165, 1.54) is 6.20 Å². The van der Waals surface area contributed by atoms with Crippen molar-refractivity contribution in [3.63, 3.8) is 0 Å². The van der Waals surface area contributed by atoms with Crippen LogP contribution in [-0.4, -0.2) is 26.4 Å². The second kappa shape index (κ2) is 3.73. The second-order valence-corrected chi connectivity index (χ2v) is 4.11.